The maximum absolute atomic E-state index is 10.00. The summed E-state index contributed by atoms with van der Waals surface area (Å²) in [5.74, 6) is 1.08. The van der Waals surface area contributed by atoms with Gasteiger partial charge in [-0.3, -0.25) is 0 Å². The average molecular weight is 330 g/mol. The molecule has 0 aliphatic heterocycles. The summed E-state index contributed by atoms with van der Waals surface area (Å²) in [5.41, 5.74) is 4.25. The predicted molar refractivity (Wildman–Crippen MR) is 97.3 cm³/mol. The Balaban J connectivity index is 1.93. The summed E-state index contributed by atoms with van der Waals surface area (Å²) in [4.78, 5) is 4.70. The van der Waals surface area contributed by atoms with E-state index in [2.05, 4.69) is 52.1 Å². The van der Waals surface area contributed by atoms with Crippen molar-refractivity contribution in [1.82, 2.24) is 10.3 Å². The quantitative estimate of drug-likeness (QED) is 0.880. The SMILES string of the molecule is CC(C)c1nc2cc(CN[C@@H]3CCC[C@H]3O)cc(C(C)(C)C)c2o1. The van der Waals surface area contributed by atoms with E-state index < -0.39 is 0 Å². The molecule has 1 aliphatic rings. The summed E-state index contributed by atoms with van der Waals surface area (Å²) in [6.07, 6.45) is 2.85. The topological polar surface area (TPSA) is 58.3 Å². The van der Waals surface area contributed by atoms with Crippen molar-refractivity contribution < 1.29 is 9.52 Å². The zero-order chi connectivity index (χ0) is 17.5. The third-order valence-electron chi connectivity index (χ3n) is 4.92. The Kier molecular flexibility index (Phi) is 4.71. The molecule has 1 saturated carbocycles. The minimum atomic E-state index is -0.213. The molecule has 0 spiro atoms. The molecular formula is C20H30N2O2. The molecule has 0 amide bonds. The average Bonchev–Trinajstić information content (AvgIpc) is 3.09. The first-order valence-electron chi connectivity index (χ1n) is 9.11. The molecule has 0 saturated heterocycles. The zero-order valence-corrected chi connectivity index (χ0v) is 15.5. The second kappa shape index (κ2) is 6.49. The molecule has 0 radical (unpaired) electrons. The molecule has 4 heteroatoms. The number of benzene rings is 1. The van der Waals surface area contributed by atoms with E-state index in [9.17, 15) is 5.11 Å². The Morgan fingerprint density at radius 2 is 2.04 bits per heavy atom. The van der Waals surface area contributed by atoms with E-state index in [4.69, 9.17) is 9.40 Å². The first kappa shape index (κ1) is 17.4. The Labute approximate surface area is 144 Å². The lowest BCUT2D eigenvalue weighted by atomic mass is 9.85. The third-order valence-corrected chi connectivity index (χ3v) is 4.92. The maximum Gasteiger partial charge on any atom is 0.198 e. The molecule has 1 heterocycles. The van der Waals surface area contributed by atoms with Gasteiger partial charge in [0.25, 0.3) is 0 Å². The van der Waals surface area contributed by atoms with Crippen LogP contribution < -0.4 is 5.32 Å². The fourth-order valence-electron chi connectivity index (χ4n) is 3.44. The highest BCUT2D eigenvalue weighted by molar-refractivity contribution is 5.78. The molecule has 2 N–H and O–H groups in total. The zero-order valence-electron chi connectivity index (χ0n) is 15.5. The first-order chi connectivity index (χ1) is 11.3. The minimum Gasteiger partial charge on any atom is -0.440 e. The number of aromatic nitrogens is 1. The van der Waals surface area contributed by atoms with Crippen molar-refractivity contribution in [1.29, 1.82) is 0 Å². The number of aliphatic hydroxyl groups is 1. The van der Waals surface area contributed by atoms with Crippen LogP contribution >= 0.6 is 0 Å². The van der Waals surface area contributed by atoms with E-state index in [-0.39, 0.29) is 23.5 Å². The van der Waals surface area contributed by atoms with Crippen molar-refractivity contribution >= 4 is 11.1 Å². The van der Waals surface area contributed by atoms with Gasteiger partial charge in [0.1, 0.15) is 5.52 Å². The van der Waals surface area contributed by atoms with Crippen LogP contribution in [-0.2, 0) is 12.0 Å². The van der Waals surface area contributed by atoms with E-state index in [0.717, 1.165) is 42.8 Å². The Morgan fingerprint density at radius 3 is 2.62 bits per heavy atom. The molecule has 2 aromatic rings. The van der Waals surface area contributed by atoms with Gasteiger partial charge in [0.15, 0.2) is 11.5 Å². The smallest absolute Gasteiger partial charge is 0.198 e. The third kappa shape index (κ3) is 3.50. The summed E-state index contributed by atoms with van der Waals surface area (Å²) in [6, 6.07) is 4.56. The molecule has 4 nitrogen and oxygen atoms in total. The molecule has 1 aromatic carbocycles. The van der Waals surface area contributed by atoms with Gasteiger partial charge in [0.2, 0.25) is 0 Å². The van der Waals surface area contributed by atoms with Crippen LogP contribution in [0.2, 0.25) is 0 Å². The Morgan fingerprint density at radius 1 is 1.29 bits per heavy atom. The largest absolute Gasteiger partial charge is 0.440 e. The second-order valence-electron chi connectivity index (χ2n) is 8.43. The van der Waals surface area contributed by atoms with E-state index >= 15 is 0 Å². The Bertz CT molecular complexity index is 712. The van der Waals surface area contributed by atoms with E-state index in [1.807, 2.05) is 0 Å². The van der Waals surface area contributed by atoms with Crippen molar-refractivity contribution in [3.05, 3.63) is 29.2 Å². The van der Waals surface area contributed by atoms with Crippen molar-refractivity contribution in [2.45, 2.75) is 83.9 Å². The van der Waals surface area contributed by atoms with E-state index in [0.29, 0.717) is 0 Å². The predicted octanol–water partition coefficient (Wildman–Crippen LogP) is 4.25. The number of nitrogens with one attached hydrogen (secondary N) is 1. The van der Waals surface area contributed by atoms with Crippen LogP contribution in [-0.4, -0.2) is 22.2 Å². The minimum absolute atomic E-state index is 0.00504. The number of hydrogen-bond acceptors (Lipinski definition) is 4. The normalized spacial score (nSPS) is 22.0. The van der Waals surface area contributed by atoms with Crippen LogP contribution in [0.4, 0.5) is 0 Å². The van der Waals surface area contributed by atoms with Crippen molar-refractivity contribution in [2.75, 3.05) is 0 Å². The highest BCUT2D eigenvalue weighted by Gasteiger charge is 2.26. The van der Waals surface area contributed by atoms with Crippen LogP contribution in [0, 0.1) is 0 Å². The highest BCUT2D eigenvalue weighted by Crippen LogP contribution is 2.33. The van der Waals surface area contributed by atoms with Gasteiger partial charge in [-0.25, -0.2) is 4.98 Å². The lowest BCUT2D eigenvalue weighted by Crippen LogP contribution is -2.35. The molecular weight excluding hydrogens is 300 g/mol. The monoisotopic (exact) mass is 330 g/mol. The summed E-state index contributed by atoms with van der Waals surface area (Å²) in [5, 5.41) is 13.5. The maximum atomic E-state index is 10.00. The van der Waals surface area contributed by atoms with Crippen LogP contribution in [0.3, 0.4) is 0 Å². The van der Waals surface area contributed by atoms with Gasteiger partial charge in [-0.05, 0) is 36.3 Å². The number of aliphatic hydroxyl groups excluding tert-OH is 1. The first-order valence-corrected chi connectivity index (χ1v) is 9.11. The number of oxazole rings is 1. The molecule has 24 heavy (non-hydrogen) atoms. The molecule has 2 atom stereocenters. The van der Waals surface area contributed by atoms with E-state index in [1.54, 1.807) is 0 Å². The highest BCUT2D eigenvalue weighted by atomic mass is 16.3. The van der Waals surface area contributed by atoms with Gasteiger partial charge in [-0.2, -0.15) is 0 Å². The van der Waals surface area contributed by atoms with E-state index in [1.165, 1.54) is 11.1 Å². The van der Waals surface area contributed by atoms with Crippen molar-refractivity contribution in [3.63, 3.8) is 0 Å². The lowest BCUT2D eigenvalue weighted by Gasteiger charge is -2.21. The van der Waals surface area contributed by atoms with Crippen LogP contribution in [0.15, 0.2) is 16.5 Å². The molecule has 3 rings (SSSR count). The number of nitrogens with zero attached hydrogens (tertiary/aromatic N) is 1. The van der Waals surface area contributed by atoms with Gasteiger partial charge < -0.3 is 14.8 Å². The number of fused-ring (bicyclic) bond motifs is 1. The molecule has 0 bridgehead atoms. The molecule has 1 fully saturated rings. The molecule has 1 aromatic heterocycles. The van der Waals surface area contributed by atoms with Crippen molar-refractivity contribution in [3.8, 4) is 0 Å². The fraction of sp³-hybridized carbons (Fsp3) is 0.650. The van der Waals surface area contributed by atoms with Crippen molar-refractivity contribution in [2.24, 2.45) is 0 Å². The number of rotatable bonds is 4. The fourth-order valence-corrected chi connectivity index (χ4v) is 3.44. The summed E-state index contributed by atoms with van der Waals surface area (Å²) in [6.45, 7) is 11.6. The lowest BCUT2D eigenvalue weighted by molar-refractivity contribution is 0.148. The summed E-state index contributed by atoms with van der Waals surface area (Å²) < 4.78 is 6.07. The summed E-state index contributed by atoms with van der Waals surface area (Å²) in [7, 11) is 0. The van der Waals surface area contributed by atoms with Crippen LogP contribution in [0.5, 0.6) is 0 Å². The standard InChI is InChI=1S/C20H30N2O2/c1-12(2)19-22-16-10-13(11-21-15-7-6-8-17(15)23)9-14(18(16)24-19)20(3,4)5/h9-10,12,15,17,21,23H,6-8,11H2,1-5H3/t15-,17-/m1/s1. The summed E-state index contributed by atoms with van der Waals surface area (Å²) >= 11 is 0. The van der Waals surface area contributed by atoms with Crippen LogP contribution in [0.1, 0.15) is 76.8 Å². The van der Waals surface area contributed by atoms with Gasteiger partial charge in [0, 0.05) is 24.1 Å². The molecule has 0 unspecified atom stereocenters. The second-order valence-corrected chi connectivity index (χ2v) is 8.43. The van der Waals surface area contributed by atoms with Crippen LogP contribution in [0.25, 0.3) is 11.1 Å². The van der Waals surface area contributed by atoms with Gasteiger partial charge in [-0.1, -0.05) is 40.7 Å². The molecule has 1 aliphatic carbocycles. The number of hydrogen-bond donors (Lipinski definition) is 2. The molecule has 132 valence electrons. The van der Waals surface area contributed by atoms with Gasteiger partial charge >= 0.3 is 0 Å². The van der Waals surface area contributed by atoms with Gasteiger partial charge in [-0.15, -0.1) is 0 Å². The Hall–Kier alpha value is -1.39. The van der Waals surface area contributed by atoms with Gasteiger partial charge in [0.05, 0.1) is 6.10 Å².